The summed E-state index contributed by atoms with van der Waals surface area (Å²) in [4.78, 5) is 32.3. The Kier molecular flexibility index (Phi) is 4.84. The molecular weight excluding hydrogens is 356 g/mol. The fourth-order valence-electron chi connectivity index (χ4n) is 3.33. The van der Waals surface area contributed by atoms with Gasteiger partial charge >= 0.3 is 0 Å². The number of anilines is 1. The molecule has 0 fully saturated rings. The van der Waals surface area contributed by atoms with E-state index in [9.17, 15) is 9.59 Å². The molecule has 1 aliphatic heterocycles. The number of carbonyl (C=O) groups is 2. The lowest BCUT2D eigenvalue weighted by molar-refractivity contribution is -0.118. The van der Waals surface area contributed by atoms with Crippen LogP contribution in [0, 0.1) is 0 Å². The van der Waals surface area contributed by atoms with E-state index in [1.165, 1.54) is 0 Å². The first-order valence-corrected chi connectivity index (χ1v) is 9.12. The Hall–Kier alpha value is -3.55. The summed E-state index contributed by atoms with van der Waals surface area (Å²) in [6.45, 7) is 2.01. The summed E-state index contributed by atoms with van der Waals surface area (Å²) in [5, 5.41) is 13.5. The highest BCUT2D eigenvalue weighted by molar-refractivity contribution is 6.00. The molecule has 3 aromatic rings. The highest BCUT2D eigenvalue weighted by atomic mass is 16.2. The summed E-state index contributed by atoms with van der Waals surface area (Å²) in [7, 11) is 0. The molecule has 2 amide bonds. The Morgan fingerprint density at radius 2 is 2.00 bits per heavy atom. The topological polar surface area (TPSA) is 113 Å². The van der Waals surface area contributed by atoms with Crippen LogP contribution in [0.5, 0.6) is 0 Å². The standard InChI is InChI=1S/C20H20N6O2/c1-12-10-15(19(27)24-17-14(12)8-5-9-21-17)22-20(28)18-23-16(25-26-18)11-13-6-3-2-4-7-13/h2-9,12,15H,10-11H2,1H3,(H,22,28)(H,21,24,27)(H,23,25,26)/t12?,15-/m0/s1. The average molecular weight is 376 g/mol. The maximum absolute atomic E-state index is 12.6. The number of pyridine rings is 1. The number of H-pyrrole nitrogens is 1. The number of rotatable bonds is 4. The summed E-state index contributed by atoms with van der Waals surface area (Å²) >= 11 is 0. The number of carbonyl (C=O) groups excluding carboxylic acids is 2. The van der Waals surface area contributed by atoms with E-state index in [4.69, 9.17) is 0 Å². The molecule has 0 spiro atoms. The molecule has 142 valence electrons. The minimum atomic E-state index is -0.681. The molecule has 1 aliphatic rings. The number of benzene rings is 1. The fraction of sp³-hybridized carbons (Fsp3) is 0.250. The first kappa shape index (κ1) is 17.8. The van der Waals surface area contributed by atoms with Crippen molar-refractivity contribution in [2.75, 3.05) is 5.32 Å². The van der Waals surface area contributed by atoms with Gasteiger partial charge in [-0.05, 0) is 29.5 Å². The number of amides is 2. The van der Waals surface area contributed by atoms with Gasteiger partial charge in [-0.3, -0.25) is 9.59 Å². The normalized spacial score (nSPS) is 18.7. The third-order valence-corrected chi connectivity index (χ3v) is 4.79. The minimum absolute atomic E-state index is 0.0660. The SMILES string of the molecule is CC1C[C@H](NC(=O)c2nnc(Cc3ccccc3)[nH]2)C(=O)Nc2ncccc21. The smallest absolute Gasteiger partial charge is 0.289 e. The zero-order valence-electron chi connectivity index (χ0n) is 15.3. The van der Waals surface area contributed by atoms with Gasteiger partial charge in [-0.25, -0.2) is 4.98 Å². The highest BCUT2D eigenvalue weighted by Gasteiger charge is 2.30. The van der Waals surface area contributed by atoms with Crippen LogP contribution in [0.15, 0.2) is 48.7 Å². The van der Waals surface area contributed by atoms with E-state index in [0.717, 1.165) is 11.1 Å². The van der Waals surface area contributed by atoms with Crippen molar-refractivity contribution in [1.82, 2.24) is 25.5 Å². The molecular formula is C20H20N6O2. The Balaban J connectivity index is 1.44. The minimum Gasteiger partial charge on any atom is -0.337 e. The van der Waals surface area contributed by atoms with Crippen LogP contribution in [-0.2, 0) is 11.2 Å². The Morgan fingerprint density at radius 3 is 2.82 bits per heavy atom. The van der Waals surface area contributed by atoms with Gasteiger partial charge in [-0.1, -0.05) is 43.3 Å². The van der Waals surface area contributed by atoms with Gasteiger partial charge in [0.1, 0.15) is 17.7 Å². The molecule has 0 saturated heterocycles. The molecule has 0 aliphatic carbocycles. The number of aromatic amines is 1. The Labute approximate surface area is 161 Å². The number of nitrogens with one attached hydrogen (secondary N) is 3. The van der Waals surface area contributed by atoms with E-state index in [-0.39, 0.29) is 17.6 Å². The summed E-state index contributed by atoms with van der Waals surface area (Å²) in [5.41, 5.74) is 2.02. The van der Waals surface area contributed by atoms with Gasteiger partial charge < -0.3 is 15.6 Å². The van der Waals surface area contributed by atoms with Gasteiger partial charge in [0.2, 0.25) is 11.7 Å². The van der Waals surface area contributed by atoms with Gasteiger partial charge in [0, 0.05) is 12.6 Å². The largest absolute Gasteiger partial charge is 0.337 e. The zero-order chi connectivity index (χ0) is 19.5. The van der Waals surface area contributed by atoms with Crippen molar-refractivity contribution in [3.05, 3.63) is 71.4 Å². The molecule has 3 heterocycles. The lowest BCUT2D eigenvalue weighted by atomic mass is 9.95. The summed E-state index contributed by atoms with van der Waals surface area (Å²) in [6, 6.07) is 12.9. The van der Waals surface area contributed by atoms with Gasteiger partial charge in [0.25, 0.3) is 5.91 Å². The molecule has 4 rings (SSSR count). The number of hydrogen-bond donors (Lipinski definition) is 3. The fourth-order valence-corrected chi connectivity index (χ4v) is 3.33. The molecule has 3 N–H and O–H groups in total. The van der Waals surface area contributed by atoms with Crippen molar-refractivity contribution in [3.63, 3.8) is 0 Å². The van der Waals surface area contributed by atoms with Crippen LogP contribution in [0.4, 0.5) is 5.82 Å². The second kappa shape index (κ2) is 7.59. The third-order valence-electron chi connectivity index (χ3n) is 4.79. The molecule has 0 saturated carbocycles. The molecule has 0 radical (unpaired) electrons. The van der Waals surface area contributed by atoms with E-state index in [0.29, 0.717) is 24.5 Å². The summed E-state index contributed by atoms with van der Waals surface area (Å²) in [6.07, 6.45) is 2.65. The molecule has 1 unspecified atom stereocenters. The first-order valence-electron chi connectivity index (χ1n) is 9.12. The number of nitrogens with zero attached hydrogens (tertiary/aromatic N) is 3. The number of fused-ring (bicyclic) bond motifs is 1. The summed E-state index contributed by atoms with van der Waals surface area (Å²) in [5.74, 6) is 0.538. The molecule has 8 heteroatoms. The molecule has 28 heavy (non-hydrogen) atoms. The van der Waals surface area contributed by atoms with Crippen molar-refractivity contribution in [2.45, 2.75) is 31.7 Å². The number of aromatic nitrogens is 4. The predicted molar refractivity (Wildman–Crippen MR) is 103 cm³/mol. The maximum atomic E-state index is 12.6. The van der Waals surface area contributed by atoms with Crippen molar-refractivity contribution >= 4 is 17.6 Å². The third kappa shape index (κ3) is 3.75. The van der Waals surface area contributed by atoms with Crippen molar-refractivity contribution < 1.29 is 9.59 Å². The van der Waals surface area contributed by atoms with Crippen molar-refractivity contribution in [3.8, 4) is 0 Å². The quantitative estimate of drug-likeness (QED) is 0.645. The first-order chi connectivity index (χ1) is 13.6. The van der Waals surface area contributed by atoms with Crippen LogP contribution in [0.25, 0.3) is 0 Å². The Morgan fingerprint density at radius 1 is 1.18 bits per heavy atom. The molecule has 8 nitrogen and oxygen atoms in total. The van der Waals surface area contributed by atoms with Crippen LogP contribution in [0.3, 0.4) is 0 Å². The average Bonchev–Trinajstić information content (AvgIpc) is 3.12. The summed E-state index contributed by atoms with van der Waals surface area (Å²) < 4.78 is 0. The second-order valence-corrected chi connectivity index (χ2v) is 6.88. The molecule has 0 bridgehead atoms. The van der Waals surface area contributed by atoms with Crippen LogP contribution in [-0.4, -0.2) is 38.0 Å². The van der Waals surface area contributed by atoms with Crippen LogP contribution < -0.4 is 10.6 Å². The lowest BCUT2D eigenvalue weighted by Gasteiger charge is -2.16. The van der Waals surface area contributed by atoms with E-state index < -0.39 is 11.9 Å². The van der Waals surface area contributed by atoms with Crippen molar-refractivity contribution in [1.29, 1.82) is 0 Å². The maximum Gasteiger partial charge on any atom is 0.289 e. The van der Waals surface area contributed by atoms with Crippen LogP contribution in [0.2, 0.25) is 0 Å². The van der Waals surface area contributed by atoms with E-state index >= 15 is 0 Å². The van der Waals surface area contributed by atoms with Gasteiger partial charge in [0.05, 0.1) is 0 Å². The van der Waals surface area contributed by atoms with Gasteiger partial charge in [-0.15, -0.1) is 10.2 Å². The van der Waals surface area contributed by atoms with Gasteiger partial charge in [0.15, 0.2) is 0 Å². The van der Waals surface area contributed by atoms with E-state index in [2.05, 4.69) is 30.8 Å². The Bertz CT molecular complexity index is 1000. The lowest BCUT2D eigenvalue weighted by Crippen LogP contribution is -2.43. The molecule has 2 aromatic heterocycles. The predicted octanol–water partition coefficient (Wildman–Crippen LogP) is 2.03. The second-order valence-electron chi connectivity index (χ2n) is 6.88. The highest BCUT2D eigenvalue weighted by Crippen LogP contribution is 2.29. The van der Waals surface area contributed by atoms with E-state index in [1.54, 1.807) is 6.20 Å². The van der Waals surface area contributed by atoms with Gasteiger partial charge in [-0.2, -0.15) is 0 Å². The number of hydrogen-bond acceptors (Lipinski definition) is 5. The van der Waals surface area contributed by atoms with E-state index in [1.807, 2.05) is 49.4 Å². The van der Waals surface area contributed by atoms with Crippen molar-refractivity contribution in [2.24, 2.45) is 0 Å². The monoisotopic (exact) mass is 376 g/mol. The van der Waals surface area contributed by atoms with Crippen LogP contribution in [0.1, 0.15) is 46.8 Å². The molecule has 1 aromatic carbocycles. The van der Waals surface area contributed by atoms with Crippen LogP contribution >= 0.6 is 0 Å². The zero-order valence-corrected chi connectivity index (χ0v) is 15.3. The molecule has 2 atom stereocenters.